The third kappa shape index (κ3) is 3.62. The maximum Gasteiger partial charge on any atom is 0.272 e. The molecule has 1 heterocycles. The number of aromatic nitrogens is 2. The molecule has 2 amide bonds. The molecule has 5 N–H and O–H groups in total. The van der Waals surface area contributed by atoms with E-state index in [-0.39, 0.29) is 17.6 Å². The number of amides is 2. The topological polar surface area (TPSA) is 122 Å². The van der Waals surface area contributed by atoms with E-state index in [2.05, 4.69) is 26.3 Å². The molecule has 8 heteroatoms. The van der Waals surface area contributed by atoms with Gasteiger partial charge in [0.2, 0.25) is 5.91 Å². The third-order valence-electron chi connectivity index (χ3n) is 2.71. The fraction of sp³-hybridized carbons (Fsp3) is 0.455. The first kappa shape index (κ1) is 13.2. The molecule has 1 unspecified atom stereocenters. The summed E-state index contributed by atoms with van der Waals surface area (Å²) in [4.78, 5) is 23.5. The van der Waals surface area contributed by atoms with Crippen molar-refractivity contribution in [2.75, 3.05) is 5.43 Å². The van der Waals surface area contributed by atoms with Gasteiger partial charge in [0.15, 0.2) is 11.5 Å². The number of nitrogen functional groups attached to an aromatic ring is 1. The molecule has 102 valence electrons. The number of nitrogens with one attached hydrogen (secondary N) is 3. The molecule has 0 aromatic carbocycles. The van der Waals surface area contributed by atoms with Crippen LogP contribution in [0, 0.1) is 0 Å². The number of hydrogen-bond acceptors (Lipinski definition) is 6. The molecule has 1 atom stereocenters. The second-order valence-electron chi connectivity index (χ2n) is 4.43. The molecule has 1 aromatic rings. The van der Waals surface area contributed by atoms with Gasteiger partial charge in [0.25, 0.3) is 5.91 Å². The van der Waals surface area contributed by atoms with E-state index in [9.17, 15) is 9.59 Å². The normalized spacial score (nSPS) is 15.5. The van der Waals surface area contributed by atoms with E-state index in [1.54, 1.807) is 6.92 Å². The van der Waals surface area contributed by atoms with E-state index < -0.39 is 11.9 Å². The quantitative estimate of drug-likeness (QED) is 0.406. The van der Waals surface area contributed by atoms with Crippen LogP contribution in [-0.2, 0) is 4.79 Å². The molecule has 0 bridgehead atoms. The van der Waals surface area contributed by atoms with E-state index in [1.807, 2.05) is 0 Å². The van der Waals surface area contributed by atoms with Crippen molar-refractivity contribution in [3.63, 3.8) is 0 Å². The highest BCUT2D eigenvalue weighted by Gasteiger charge is 2.26. The van der Waals surface area contributed by atoms with E-state index in [4.69, 9.17) is 5.84 Å². The Morgan fingerprint density at radius 2 is 2.11 bits per heavy atom. The van der Waals surface area contributed by atoms with E-state index in [0.717, 1.165) is 12.8 Å². The predicted molar refractivity (Wildman–Crippen MR) is 67.9 cm³/mol. The molecule has 0 spiro atoms. The number of carbonyl (C=O) groups excluding carboxylic acids is 2. The average molecular weight is 264 g/mol. The molecule has 8 nitrogen and oxygen atoms in total. The van der Waals surface area contributed by atoms with Gasteiger partial charge >= 0.3 is 0 Å². The van der Waals surface area contributed by atoms with Crippen molar-refractivity contribution < 1.29 is 9.59 Å². The van der Waals surface area contributed by atoms with Gasteiger partial charge in [-0.25, -0.2) is 5.84 Å². The van der Waals surface area contributed by atoms with Gasteiger partial charge in [-0.05, 0) is 31.9 Å². The summed E-state index contributed by atoms with van der Waals surface area (Å²) < 4.78 is 0. The minimum atomic E-state index is -0.609. The SMILES string of the molecule is CC(NC(=O)c1ccc(NN)nn1)C(=O)NC1CC1. The molecule has 2 rings (SSSR count). The van der Waals surface area contributed by atoms with Gasteiger partial charge < -0.3 is 16.1 Å². The highest BCUT2D eigenvalue weighted by molar-refractivity contribution is 5.96. The highest BCUT2D eigenvalue weighted by atomic mass is 16.2. The van der Waals surface area contributed by atoms with Gasteiger partial charge in [0.1, 0.15) is 6.04 Å². The maximum absolute atomic E-state index is 11.8. The smallest absolute Gasteiger partial charge is 0.272 e. The number of nitrogens with zero attached hydrogens (tertiary/aromatic N) is 2. The molecule has 0 saturated heterocycles. The van der Waals surface area contributed by atoms with Crippen molar-refractivity contribution in [2.24, 2.45) is 5.84 Å². The number of nitrogens with two attached hydrogens (primary N) is 1. The molecule has 1 fully saturated rings. The lowest BCUT2D eigenvalue weighted by molar-refractivity contribution is -0.122. The van der Waals surface area contributed by atoms with Crippen molar-refractivity contribution in [3.8, 4) is 0 Å². The number of anilines is 1. The van der Waals surface area contributed by atoms with Crippen molar-refractivity contribution >= 4 is 17.6 Å². The van der Waals surface area contributed by atoms with Crippen LogP contribution in [0.1, 0.15) is 30.3 Å². The fourth-order valence-electron chi connectivity index (χ4n) is 1.42. The molecule has 0 radical (unpaired) electrons. The van der Waals surface area contributed by atoms with Crippen molar-refractivity contribution in [1.82, 2.24) is 20.8 Å². The van der Waals surface area contributed by atoms with Crippen LogP contribution in [0.25, 0.3) is 0 Å². The lowest BCUT2D eigenvalue weighted by atomic mass is 10.2. The molecule has 1 aliphatic carbocycles. The molecule has 0 aliphatic heterocycles. The Morgan fingerprint density at radius 1 is 1.37 bits per heavy atom. The summed E-state index contributed by atoms with van der Waals surface area (Å²) in [7, 11) is 0. The van der Waals surface area contributed by atoms with Crippen molar-refractivity contribution in [3.05, 3.63) is 17.8 Å². The molecule has 1 aromatic heterocycles. The molecular weight excluding hydrogens is 248 g/mol. The summed E-state index contributed by atoms with van der Waals surface area (Å²) in [5.74, 6) is 4.86. The van der Waals surface area contributed by atoms with Crippen molar-refractivity contribution in [2.45, 2.75) is 31.8 Å². The van der Waals surface area contributed by atoms with Gasteiger partial charge in [-0.3, -0.25) is 9.59 Å². The van der Waals surface area contributed by atoms with Crippen LogP contribution < -0.4 is 21.9 Å². The summed E-state index contributed by atoms with van der Waals surface area (Å²) in [5, 5.41) is 12.8. The van der Waals surface area contributed by atoms with Gasteiger partial charge in [-0.1, -0.05) is 0 Å². The van der Waals surface area contributed by atoms with Gasteiger partial charge in [0, 0.05) is 6.04 Å². The van der Waals surface area contributed by atoms with Crippen LogP contribution in [0.15, 0.2) is 12.1 Å². The van der Waals surface area contributed by atoms with Crippen LogP contribution >= 0.6 is 0 Å². The summed E-state index contributed by atoms with van der Waals surface area (Å²) in [6.45, 7) is 1.62. The van der Waals surface area contributed by atoms with Gasteiger partial charge in [0.05, 0.1) is 0 Å². The van der Waals surface area contributed by atoms with Crippen LogP contribution in [0.3, 0.4) is 0 Å². The number of hydrogen-bond donors (Lipinski definition) is 4. The predicted octanol–water partition coefficient (Wildman–Crippen LogP) is -0.841. The van der Waals surface area contributed by atoms with Crippen molar-refractivity contribution in [1.29, 1.82) is 0 Å². The van der Waals surface area contributed by atoms with Crippen LogP contribution in [0.2, 0.25) is 0 Å². The lowest BCUT2D eigenvalue weighted by Gasteiger charge is -2.13. The Hall–Kier alpha value is -2.22. The molecule has 19 heavy (non-hydrogen) atoms. The van der Waals surface area contributed by atoms with Gasteiger partial charge in [-0.2, -0.15) is 0 Å². The maximum atomic E-state index is 11.8. The minimum Gasteiger partial charge on any atom is -0.352 e. The number of carbonyl (C=O) groups is 2. The first-order chi connectivity index (χ1) is 9.10. The standard InChI is InChI=1S/C11H16N6O2/c1-6(10(18)14-7-2-3-7)13-11(19)8-4-5-9(15-12)17-16-8/h4-7H,2-3,12H2,1H3,(H,13,19)(H,14,18)(H,15,17). The summed E-state index contributed by atoms with van der Waals surface area (Å²) in [6.07, 6.45) is 2.01. The molecule has 1 saturated carbocycles. The average Bonchev–Trinajstić information content (AvgIpc) is 3.22. The summed E-state index contributed by atoms with van der Waals surface area (Å²) in [5.41, 5.74) is 2.44. The first-order valence-corrected chi connectivity index (χ1v) is 6.01. The summed E-state index contributed by atoms with van der Waals surface area (Å²) in [6, 6.07) is 2.66. The fourth-order valence-corrected chi connectivity index (χ4v) is 1.42. The zero-order chi connectivity index (χ0) is 13.8. The Bertz CT molecular complexity index is 471. The first-order valence-electron chi connectivity index (χ1n) is 6.01. The second kappa shape index (κ2) is 5.61. The van der Waals surface area contributed by atoms with Crippen LogP contribution in [0.5, 0.6) is 0 Å². The van der Waals surface area contributed by atoms with Gasteiger partial charge in [-0.15, -0.1) is 10.2 Å². The summed E-state index contributed by atoms with van der Waals surface area (Å²) >= 11 is 0. The number of rotatable bonds is 5. The Kier molecular flexibility index (Phi) is 3.91. The highest BCUT2D eigenvalue weighted by Crippen LogP contribution is 2.18. The Balaban J connectivity index is 1.89. The Morgan fingerprint density at radius 3 is 2.63 bits per heavy atom. The molecule has 1 aliphatic rings. The lowest BCUT2D eigenvalue weighted by Crippen LogP contribution is -2.45. The molecular formula is C11H16N6O2. The number of hydrazine groups is 1. The van der Waals surface area contributed by atoms with E-state index >= 15 is 0 Å². The van der Waals surface area contributed by atoms with Crippen LogP contribution in [-0.4, -0.2) is 34.1 Å². The zero-order valence-corrected chi connectivity index (χ0v) is 10.5. The Labute approximate surface area is 110 Å². The minimum absolute atomic E-state index is 0.130. The van der Waals surface area contributed by atoms with E-state index in [0.29, 0.717) is 5.82 Å². The van der Waals surface area contributed by atoms with E-state index in [1.165, 1.54) is 12.1 Å². The second-order valence-corrected chi connectivity index (χ2v) is 4.43. The largest absolute Gasteiger partial charge is 0.352 e. The van der Waals surface area contributed by atoms with Crippen LogP contribution in [0.4, 0.5) is 5.82 Å². The third-order valence-corrected chi connectivity index (χ3v) is 2.71. The monoisotopic (exact) mass is 264 g/mol. The zero-order valence-electron chi connectivity index (χ0n) is 10.5.